The summed E-state index contributed by atoms with van der Waals surface area (Å²) in [6.45, 7) is 9.28. The van der Waals surface area contributed by atoms with E-state index in [2.05, 4.69) is 23.2 Å². The number of ether oxygens (including phenoxy) is 2. The molecule has 0 aromatic heterocycles. The molecule has 0 bridgehead atoms. The molecule has 0 saturated heterocycles. The molecule has 0 amide bonds. The van der Waals surface area contributed by atoms with E-state index in [4.69, 9.17) is 21.1 Å². The summed E-state index contributed by atoms with van der Waals surface area (Å²) in [5.41, 5.74) is 4.89. The number of rotatable bonds is 6. The van der Waals surface area contributed by atoms with Crippen molar-refractivity contribution in [2.75, 3.05) is 13.2 Å². The second-order valence-corrected chi connectivity index (χ2v) is 6.85. The first-order valence-corrected chi connectivity index (χ1v) is 9.78. The lowest BCUT2D eigenvalue weighted by atomic mass is 9.85. The van der Waals surface area contributed by atoms with Crippen LogP contribution < -0.4 is 9.47 Å². The minimum Gasteiger partial charge on any atom is -0.490 e. The smallest absolute Gasteiger partial charge is 0.161 e. The summed E-state index contributed by atoms with van der Waals surface area (Å²) in [4.78, 5) is 0. The third kappa shape index (κ3) is 4.01. The Kier molecular flexibility index (Phi) is 6.17. The van der Waals surface area contributed by atoms with E-state index >= 15 is 0 Å². The van der Waals surface area contributed by atoms with Crippen LogP contribution in [0.25, 0.3) is 0 Å². The Bertz CT molecular complexity index is 890. The highest BCUT2D eigenvalue weighted by molar-refractivity contribution is 6.31. The first kappa shape index (κ1) is 19.4. The molecule has 0 saturated carbocycles. The normalized spacial score (nSPS) is 16.1. The van der Waals surface area contributed by atoms with Crippen molar-refractivity contribution in [2.45, 2.75) is 40.0 Å². The van der Waals surface area contributed by atoms with Gasteiger partial charge in [0.2, 0.25) is 0 Å². The monoisotopic (exact) mass is 384 g/mol. The number of nitrogens with zero attached hydrogens (tertiary/aromatic N) is 2. The first-order chi connectivity index (χ1) is 13.1. The predicted molar refractivity (Wildman–Crippen MR) is 112 cm³/mol. The number of benzene rings is 2. The summed E-state index contributed by atoms with van der Waals surface area (Å²) in [5.74, 6) is 1.66. The van der Waals surface area contributed by atoms with E-state index in [-0.39, 0.29) is 5.92 Å². The zero-order valence-corrected chi connectivity index (χ0v) is 17.0. The van der Waals surface area contributed by atoms with E-state index in [0.29, 0.717) is 18.2 Å². The van der Waals surface area contributed by atoms with Gasteiger partial charge in [-0.2, -0.15) is 5.10 Å². The molecule has 1 aliphatic heterocycles. The van der Waals surface area contributed by atoms with Crippen LogP contribution in [0.15, 0.2) is 46.6 Å². The van der Waals surface area contributed by atoms with Crippen molar-refractivity contribution in [2.24, 2.45) is 10.2 Å². The highest BCUT2D eigenvalue weighted by Gasteiger charge is 2.26. The molecule has 2 aromatic carbocycles. The highest BCUT2D eigenvalue weighted by atomic mass is 35.5. The molecular weight excluding hydrogens is 360 g/mol. The Balaban J connectivity index is 2.25. The molecule has 1 heterocycles. The molecule has 4 nitrogen and oxygen atoms in total. The average Bonchev–Trinajstić information content (AvgIpc) is 2.78. The Morgan fingerprint density at radius 3 is 2.30 bits per heavy atom. The van der Waals surface area contributed by atoms with Crippen molar-refractivity contribution < 1.29 is 9.47 Å². The molecular formula is C22H25ClN2O2. The van der Waals surface area contributed by atoms with Gasteiger partial charge in [-0.3, -0.25) is 0 Å². The van der Waals surface area contributed by atoms with Gasteiger partial charge in [-0.1, -0.05) is 30.7 Å². The molecule has 1 aliphatic rings. The van der Waals surface area contributed by atoms with Crippen molar-refractivity contribution in [3.63, 3.8) is 0 Å². The van der Waals surface area contributed by atoms with Gasteiger partial charge in [0.15, 0.2) is 11.5 Å². The van der Waals surface area contributed by atoms with Gasteiger partial charge >= 0.3 is 0 Å². The summed E-state index contributed by atoms with van der Waals surface area (Å²) in [6, 6.07) is 11.8. The molecule has 0 spiro atoms. The molecule has 3 rings (SSSR count). The second-order valence-electron chi connectivity index (χ2n) is 6.41. The van der Waals surface area contributed by atoms with Gasteiger partial charge in [-0.05, 0) is 57.0 Å². The van der Waals surface area contributed by atoms with Crippen LogP contribution in [0, 0.1) is 0 Å². The van der Waals surface area contributed by atoms with Crippen LogP contribution in [0.3, 0.4) is 0 Å². The fourth-order valence-electron chi connectivity index (χ4n) is 3.45. The fraction of sp³-hybridized carbons (Fsp3) is 0.364. The molecule has 27 heavy (non-hydrogen) atoms. The average molecular weight is 385 g/mol. The topological polar surface area (TPSA) is 43.2 Å². The molecule has 1 unspecified atom stereocenters. The zero-order chi connectivity index (χ0) is 19.4. The van der Waals surface area contributed by atoms with Crippen molar-refractivity contribution in [3.05, 3.63) is 58.1 Å². The molecule has 1 atom stereocenters. The van der Waals surface area contributed by atoms with Crippen LogP contribution in [0.5, 0.6) is 11.5 Å². The summed E-state index contributed by atoms with van der Waals surface area (Å²) >= 11 is 6.23. The predicted octanol–water partition coefficient (Wildman–Crippen LogP) is 5.86. The van der Waals surface area contributed by atoms with E-state index in [0.717, 1.165) is 46.0 Å². The highest BCUT2D eigenvalue weighted by Crippen LogP contribution is 2.38. The Morgan fingerprint density at radius 1 is 0.963 bits per heavy atom. The Labute approximate surface area is 165 Å². The third-order valence-electron chi connectivity index (χ3n) is 4.66. The van der Waals surface area contributed by atoms with Crippen molar-refractivity contribution in [1.82, 2.24) is 0 Å². The minimum atomic E-state index is 0.176. The molecule has 2 aromatic rings. The van der Waals surface area contributed by atoms with Crippen LogP contribution in [0.1, 0.15) is 56.7 Å². The summed E-state index contributed by atoms with van der Waals surface area (Å²) in [5, 5.41) is 9.76. The number of hydrogen-bond donors (Lipinski definition) is 0. The van der Waals surface area contributed by atoms with Crippen LogP contribution in [-0.4, -0.2) is 24.6 Å². The molecule has 0 radical (unpaired) electrons. The molecule has 0 N–H and O–H groups in total. The molecule has 5 heteroatoms. The standard InChI is InChI=1S/C22H25ClN2O2/c1-5-17-14(4)24-25-22(15-9-8-10-16(23)11-15)19-13-21(27-7-3)20(26-6-2)12-18(17)19/h8-13,17H,5-7H2,1-4H3. The second kappa shape index (κ2) is 8.57. The molecule has 142 valence electrons. The number of halogens is 1. The van der Waals surface area contributed by atoms with Gasteiger partial charge in [0.25, 0.3) is 0 Å². The largest absolute Gasteiger partial charge is 0.490 e. The SMILES string of the molecule is CCOc1cc2c(cc1OCC)C(CC)C(C)=NN=C2c1cccc(Cl)c1. The maximum absolute atomic E-state index is 6.23. The first-order valence-electron chi connectivity index (χ1n) is 9.40. The zero-order valence-electron chi connectivity index (χ0n) is 16.3. The van der Waals surface area contributed by atoms with E-state index in [9.17, 15) is 0 Å². The maximum Gasteiger partial charge on any atom is 0.161 e. The van der Waals surface area contributed by atoms with Crippen molar-refractivity contribution in [1.29, 1.82) is 0 Å². The van der Waals surface area contributed by atoms with Crippen LogP contribution >= 0.6 is 11.6 Å². The van der Waals surface area contributed by atoms with Crippen LogP contribution in [0.2, 0.25) is 5.02 Å². The van der Waals surface area contributed by atoms with Crippen molar-refractivity contribution in [3.8, 4) is 11.5 Å². The lowest BCUT2D eigenvalue weighted by Gasteiger charge is -2.21. The van der Waals surface area contributed by atoms with Gasteiger partial charge < -0.3 is 9.47 Å². The Morgan fingerprint density at radius 2 is 1.67 bits per heavy atom. The Hall–Kier alpha value is -2.33. The van der Waals surface area contributed by atoms with Crippen LogP contribution in [0.4, 0.5) is 0 Å². The maximum atomic E-state index is 6.23. The lowest BCUT2D eigenvalue weighted by Crippen LogP contribution is -2.13. The van der Waals surface area contributed by atoms with Gasteiger partial charge in [0, 0.05) is 27.8 Å². The summed E-state index contributed by atoms with van der Waals surface area (Å²) < 4.78 is 11.7. The summed E-state index contributed by atoms with van der Waals surface area (Å²) in [6.07, 6.45) is 0.931. The van der Waals surface area contributed by atoms with Gasteiger partial charge in [-0.15, -0.1) is 5.10 Å². The molecule has 0 fully saturated rings. The summed E-state index contributed by atoms with van der Waals surface area (Å²) in [7, 11) is 0. The van der Waals surface area contributed by atoms with E-state index in [1.807, 2.05) is 51.1 Å². The van der Waals surface area contributed by atoms with Crippen molar-refractivity contribution >= 4 is 23.0 Å². The minimum absolute atomic E-state index is 0.176. The number of fused-ring (bicyclic) bond motifs is 1. The quantitative estimate of drug-likeness (QED) is 0.626. The van der Waals surface area contributed by atoms with E-state index < -0.39 is 0 Å². The van der Waals surface area contributed by atoms with Gasteiger partial charge in [0.1, 0.15) is 5.71 Å². The third-order valence-corrected chi connectivity index (χ3v) is 4.90. The van der Waals surface area contributed by atoms with Crippen LogP contribution in [-0.2, 0) is 0 Å². The van der Waals surface area contributed by atoms with Gasteiger partial charge in [-0.25, -0.2) is 0 Å². The van der Waals surface area contributed by atoms with E-state index in [1.165, 1.54) is 0 Å². The fourth-order valence-corrected chi connectivity index (χ4v) is 3.64. The lowest BCUT2D eigenvalue weighted by molar-refractivity contribution is 0.287. The van der Waals surface area contributed by atoms with E-state index in [1.54, 1.807) is 0 Å². The number of hydrogen-bond acceptors (Lipinski definition) is 4. The molecule has 0 aliphatic carbocycles. The van der Waals surface area contributed by atoms with Gasteiger partial charge in [0.05, 0.1) is 13.2 Å².